The van der Waals surface area contributed by atoms with E-state index in [9.17, 15) is 9.59 Å². The second-order valence-electron chi connectivity index (χ2n) is 5.15. The van der Waals surface area contributed by atoms with Crippen LogP contribution in [-0.2, 0) is 9.59 Å². The van der Waals surface area contributed by atoms with Crippen molar-refractivity contribution in [3.63, 3.8) is 0 Å². The zero-order valence-electron chi connectivity index (χ0n) is 12.8. The van der Waals surface area contributed by atoms with Crippen LogP contribution in [0.2, 0.25) is 0 Å². The molecule has 0 aromatic heterocycles. The van der Waals surface area contributed by atoms with E-state index in [1.807, 2.05) is 24.3 Å². The molecule has 1 heterocycles. The summed E-state index contributed by atoms with van der Waals surface area (Å²) in [7, 11) is 1.61. The summed E-state index contributed by atoms with van der Waals surface area (Å²) < 4.78 is 10.6. The van der Waals surface area contributed by atoms with Crippen LogP contribution in [0.3, 0.4) is 0 Å². The van der Waals surface area contributed by atoms with Crippen LogP contribution in [0.1, 0.15) is 19.3 Å². The minimum atomic E-state index is -0.145. The molecule has 0 bridgehead atoms. The van der Waals surface area contributed by atoms with Crippen molar-refractivity contribution in [2.75, 3.05) is 33.4 Å². The zero-order chi connectivity index (χ0) is 15.8. The van der Waals surface area contributed by atoms with Crippen molar-refractivity contribution in [2.24, 2.45) is 0 Å². The van der Waals surface area contributed by atoms with Crippen LogP contribution >= 0.6 is 0 Å². The van der Waals surface area contributed by atoms with Crippen LogP contribution in [0.4, 0.5) is 0 Å². The highest BCUT2D eigenvalue weighted by atomic mass is 16.5. The lowest BCUT2D eigenvalue weighted by Gasteiger charge is -2.25. The first-order chi connectivity index (χ1) is 10.7. The first-order valence-electron chi connectivity index (χ1n) is 7.50. The van der Waals surface area contributed by atoms with E-state index in [0.29, 0.717) is 26.1 Å². The number of benzene rings is 1. The van der Waals surface area contributed by atoms with Crippen LogP contribution < -0.4 is 14.8 Å². The number of amides is 2. The number of carbonyl (C=O) groups excluding carboxylic acids is 2. The topological polar surface area (TPSA) is 67.9 Å². The molecule has 1 fully saturated rings. The number of ether oxygens (including phenoxy) is 2. The number of carbonyl (C=O) groups is 2. The van der Waals surface area contributed by atoms with Gasteiger partial charge in [0.15, 0.2) is 0 Å². The Hall–Kier alpha value is -2.24. The average Bonchev–Trinajstić information content (AvgIpc) is 2.54. The lowest BCUT2D eigenvalue weighted by molar-refractivity contribution is -0.137. The lowest BCUT2D eigenvalue weighted by Crippen LogP contribution is -2.43. The molecule has 2 amide bonds. The molecule has 0 saturated carbocycles. The van der Waals surface area contributed by atoms with Crippen molar-refractivity contribution in [1.29, 1.82) is 0 Å². The highest BCUT2D eigenvalue weighted by Crippen LogP contribution is 2.16. The van der Waals surface area contributed by atoms with Gasteiger partial charge in [0.25, 0.3) is 0 Å². The second-order valence-corrected chi connectivity index (χ2v) is 5.15. The van der Waals surface area contributed by atoms with Gasteiger partial charge < -0.3 is 19.7 Å². The van der Waals surface area contributed by atoms with Gasteiger partial charge in [0, 0.05) is 13.0 Å². The van der Waals surface area contributed by atoms with Gasteiger partial charge in [-0.05, 0) is 37.1 Å². The van der Waals surface area contributed by atoms with Crippen LogP contribution in [0.15, 0.2) is 24.3 Å². The van der Waals surface area contributed by atoms with Crippen molar-refractivity contribution >= 4 is 11.8 Å². The van der Waals surface area contributed by atoms with E-state index < -0.39 is 0 Å². The summed E-state index contributed by atoms with van der Waals surface area (Å²) in [5.41, 5.74) is 0. The molecule has 2 rings (SSSR count). The first-order valence-corrected chi connectivity index (χ1v) is 7.50. The smallest absolute Gasteiger partial charge is 0.239 e. The second kappa shape index (κ2) is 8.26. The summed E-state index contributed by atoms with van der Waals surface area (Å²) in [5.74, 6) is 1.41. The Balaban J connectivity index is 1.63. The van der Waals surface area contributed by atoms with Crippen molar-refractivity contribution in [2.45, 2.75) is 19.3 Å². The average molecular weight is 306 g/mol. The maximum Gasteiger partial charge on any atom is 0.239 e. The summed E-state index contributed by atoms with van der Waals surface area (Å²) >= 11 is 0. The van der Waals surface area contributed by atoms with Crippen molar-refractivity contribution in [3.8, 4) is 11.5 Å². The standard InChI is InChI=1S/C16H22N2O4/c1-21-13-5-7-14(8-6-13)22-11-9-17-15(19)12-18-10-3-2-4-16(18)20/h5-8H,2-4,9-12H2,1H3,(H,17,19). The van der Waals surface area contributed by atoms with Crippen LogP contribution in [0.5, 0.6) is 11.5 Å². The Morgan fingerprint density at radius 3 is 2.64 bits per heavy atom. The molecule has 0 spiro atoms. The summed E-state index contributed by atoms with van der Waals surface area (Å²) in [5, 5.41) is 2.76. The van der Waals surface area contributed by atoms with Gasteiger partial charge in [0.1, 0.15) is 18.1 Å². The van der Waals surface area contributed by atoms with Crippen LogP contribution in [-0.4, -0.2) is 50.1 Å². The molecule has 0 radical (unpaired) electrons. The molecule has 1 aliphatic heterocycles. The van der Waals surface area contributed by atoms with Gasteiger partial charge in [-0.1, -0.05) is 0 Å². The molecule has 1 aromatic rings. The van der Waals surface area contributed by atoms with Gasteiger partial charge in [0.05, 0.1) is 20.2 Å². The fourth-order valence-corrected chi connectivity index (χ4v) is 2.29. The fourth-order valence-electron chi connectivity index (χ4n) is 2.29. The maximum absolute atomic E-state index is 11.8. The van der Waals surface area contributed by atoms with E-state index in [-0.39, 0.29) is 18.4 Å². The molecule has 6 nitrogen and oxygen atoms in total. The Morgan fingerprint density at radius 1 is 1.23 bits per heavy atom. The van der Waals surface area contributed by atoms with Crippen molar-refractivity contribution in [1.82, 2.24) is 10.2 Å². The van der Waals surface area contributed by atoms with Crippen LogP contribution in [0, 0.1) is 0 Å². The van der Waals surface area contributed by atoms with E-state index in [1.165, 1.54) is 0 Å². The lowest BCUT2D eigenvalue weighted by atomic mass is 10.1. The molecule has 1 aromatic carbocycles. The monoisotopic (exact) mass is 306 g/mol. The SMILES string of the molecule is COc1ccc(OCCNC(=O)CN2CCCCC2=O)cc1. The predicted octanol–water partition coefficient (Wildman–Crippen LogP) is 1.20. The highest BCUT2D eigenvalue weighted by molar-refractivity contribution is 5.85. The Labute approximate surface area is 130 Å². The number of nitrogens with zero attached hydrogens (tertiary/aromatic N) is 1. The minimum Gasteiger partial charge on any atom is -0.497 e. The largest absolute Gasteiger partial charge is 0.497 e. The number of piperidine rings is 1. The molecular weight excluding hydrogens is 284 g/mol. The number of hydrogen-bond donors (Lipinski definition) is 1. The molecule has 120 valence electrons. The van der Waals surface area contributed by atoms with Gasteiger partial charge in [-0.2, -0.15) is 0 Å². The van der Waals surface area contributed by atoms with E-state index in [1.54, 1.807) is 12.0 Å². The molecule has 22 heavy (non-hydrogen) atoms. The number of rotatable bonds is 7. The predicted molar refractivity (Wildman–Crippen MR) is 81.9 cm³/mol. The maximum atomic E-state index is 11.8. The zero-order valence-corrected chi connectivity index (χ0v) is 12.8. The number of likely N-dealkylation sites (tertiary alicyclic amines) is 1. The van der Waals surface area contributed by atoms with E-state index in [2.05, 4.69) is 5.32 Å². The third-order valence-corrected chi connectivity index (χ3v) is 3.51. The Morgan fingerprint density at radius 2 is 1.95 bits per heavy atom. The molecule has 1 aliphatic rings. The minimum absolute atomic E-state index is 0.0656. The van der Waals surface area contributed by atoms with Gasteiger partial charge in [-0.3, -0.25) is 9.59 Å². The Bertz CT molecular complexity index is 501. The number of methoxy groups -OCH3 is 1. The molecule has 1 saturated heterocycles. The highest BCUT2D eigenvalue weighted by Gasteiger charge is 2.19. The summed E-state index contributed by atoms with van der Waals surface area (Å²) in [6.45, 7) is 1.61. The first kappa shape index (κ1) is 16.1. The molecular formula is C16H22N2O4. The fraction of sp³-hybridized carbons (Fsp3) is 0.500. The Kier molecular flexibility index (Phi) is 6.06. The number of hydrogen-bond acceptors (Lipinski definition) is 4. The number of nitrogens with one attached hydrogen (secondary N) is 1. The summed E-state index contributed by atoms with van der Waals surface area (Å²) in [4.78, 5) is 25.0. The molecule has 1 N–H and O–H groups in total. The van der Waals surface area contributed by atoms with Crippen molar-refractivity contribution < 1.29 is 19.1 Å². The van der Waals surface area contributed by atoms with Crippen molar-refractivity contribution in [3.05, 3.63) is 24.3 Å². The van der Waals surface area contributed by atoms with E-state index >= 15 is 0 Å². The van der Waals surface area contributed by atoms with E-state index in [0.717, 1.165) is 24.3 Å². The van der Waals surface area contributed by atoms with Gasteiger partial charge in [-0.15, -0.1) is 0 Å². The molecule has 0 aliphatic carbocycles. The van der Waals surface area contributed by atoms with Gasteiger partial charge in [0.2, 0.25) is 11.8 Å². The molecule has 6 heteroatoms. The van der Waals surface area contributed by atoms with Crippen LogP contribution in [0.25, 0.3) is 0 Å². The summed E-state index contributed by atoms with van der Waals surface area (Å²) in [6, 6.07) is 7.26. The quantitative estimate of drug-likeness (QED) is 0.769. The molecule has 0 unspecified atom stereocenters. The normalized spacial score (nSPS) is 14.6. The summed E-state index contributed by atoms with van der Waals surface area (Å²) in [6.07, 6.45) is 2.44. The molecule has 0 atom stereocenters. The third-order valence-electron chi connectivity index (χ3n) is 3.51. The third kappa shape index (κ3) is 4.95. The van der Waals surface area contributed by atoms with Gasteiger partial charge in [-0.25, -0.2) is 0 Å². The van der Waals surface area contributed by atoms with Gasteiger partial charge >= 0.3 is 0 Å². The van der Waals surface area contributed by atoms with E-state index in [4.69, 9.17) is 9.47 Å².